The lowest BCUT2D eigenvalue weighted by molar-refractivity contribution is -0.128. The number of aromatic nitrogens is 2. The van der Waals surface area contributed by atoms with Crippen LogP contribution in [0.5, 0.6) is 0 Å². The Kier molecular flexibility index (Phi) is 4.82. The minimum absolute atomic E-state index is 0.140. The number of fused-ring (bicyclic) bond motifs is 1. The molecule has 8 nitrogen and oxygen atoms in total. The Hall–Kier alpha value is -3.94. The van der Waals surface area contributed by atoms with Gasteiger partial charge in [-0.1, -0.05) is 42.5 Å². The first-order valence-electron chi connectivity index (χ1n) is 9.04. The topological polar surface area (TPSA) is 104 Å². The molecule has 0 spiro atoms. The number of hydrogen-bond donors (Lipinski definition) is 2. The van der Waals surface area contributed by atoms with Gasteiger partial charge >= 0.3 is 5.97 Å². The first-order chi connectivity index (χ1) is 14.0. The zero-order valence-corrected chi connectivity index (χ0v) is 15.6. The van der Waals surface area contributed by atoms with Gasteiger partial charge in [0.05, 0.1) is 23.3 Å². The molecule has 1 aliphatic heterocycles. The number of ether oxygens (including phenoxy) is 1. The number of aromatic amines is 1. The van der Waals surface area contributed by atoms with E-state index in [0.717, 1.165) is 5.56 Å². The highest BCUT2D eigenvalue weighted by Crippen LogP contribution is 2.30. The van der Waals surface area contributed by atoms with E-state index in [1.54, 1.807) is 24.3 Å². The zero-order chi connectivity index (χ0) is 20.4. The third-order valence-electron chi connectivity index (χ3n) is 4.59. The van der Waals surface area contributed by atoms with Crippen LogP contribution in [0.4, 0.5) is 11.4 Å². The molecule has 0 saturated carbocycles. The van der Waals surface area contributed by atoms with Crippen molar-refractivity contribution in [3.63, 3.8) is 0 Å². The largest absolute Gasteiger partial charge is 0.449 e. The van der Waals surface area contributed by atoms with Gasteiger partial charge in [0.1, 0.15) is 12.1 Å². The zero-order valence-electron chi connectivity index (χ0n) is 15.6. The molecule has 1 aromatic heterocycles. The summed E-state index contributed by atoms with van der Waals surface area (Å²) in [6, 6.07) is 16.2. The van der Waals surface area contributed by atoms with Crippen LogP contribution in [0.15, 0.2) is 60.8 Å². The van der Waals surface area contributed by atoms with Crippen LogP contribution >= 0.6 is 0 Å². The van der Waals surface area contributed by atoms with Gasteiger partial charge in [0, 0.05) is 5.56 Å². The Balaban J connectivity index is 1.53. The molecule has 0 saturated heterocycles. The Bertz CT molecular complexity index is 1080. The van der Waals surface area contributed by atoms with Gasteiger partial charge in [-0.2, -0.15) is 5.10 Å². The molecule has 0 radical (unpaired) electrons. The van der Waals surface area contributed by atoms with Crippen molar-refractivity contribution in [1.29, 1.82) is 0 Å². The molecule has 4 rings (SSSR count). The summed E-state index contributed by atoms with van der Waals surface area (Å²) in [7, 11) is 0. The van der Waals surface area contributed by atoms with Gasteiger partial charge in [-0.05, 0) is 19.1 Å². The van der Waals surface area contributed by atoms with Gasteiger partial charge in [-0.25, -0.2) is 4.79 Å². The monoisotopic (exact) mass is 390 g/mol. The molecular weight excluding hydrogens is 372 g/mol. The van der Waals surface area contributed by atoms with E-state index in [9.17, 15) is 14.4 Å². The third kappa shape index (κ3) is 3.60. The fourth-order valence-electron chi connectivity index (χ4n) is 3.19. The second kappa shape index (κ2) is 7.59. The van der Waals surface area contributed by atoms with Gasteiger partial charge in [0.25, 0.3) is 5.91 Å². The molecule has 0 bridgehead atoms. The molecule has 0 fully saturated rings. The number of esters is 1. The van der Waals surface area contributed by atoms with Crippen molar-refractivity contribution in [2.45, 2.75) is 13.0 Å². The predicted molar refractivity (Wildman–Crippen MR) is 106 cm³/mol. The molecule has 2 N–H and O–H groups in total. The summed E-state index contributed by atoms with van der Waals surface area (Å²) in [4.78, 5) is 38.9. The van der Waals surface area contributed by atoms with Crippen LogP contribution in [-0.4, -0.2) is 40.6 Å². The summed E-state index contributed by atoms with van der Waals surface area (Å²) >= 11 is 0. The van der Waals surface area contributed by atoms with Crippen molar-refractivity contribution in [2.75, 3.05) is 16.8 Å². The lowest BCUT2D eigenvalue weighted by Gasteiger charge is -2.30. The maximum absolute atomic E-state index is 12.9. The number of amides is 2. The van der Waals surface area contributed by atoms with Crippen LogP contribution in [0.2, 0.25) is 0 Å². The SMILES string of the molecule is C[C@@H](OC(=O)c1cn[nH]c1-c1ccccc1)C(=O)N1CC(=O)Nc2ccccc21. The van der Waals surface area contributed by atoms with E-state index in [1.165, 1.54) is 18.0 Å². The highest BCUT2D eigenvalue weighted by Gasteiger charge is 2.32. The van der Waals surface area contributed by atoms with E-state index < -0.39 is 18.0 Å². The Morgan fingerprint density at radius 2 is 1.83 bits per heavy atom. The maximum Gasteiger partial charge on any atom is 0.342 e. The second-order valence-electron chi connectivity index (χ2n) is 6.56. The number of para-hydroxylation sites is 2. The number of nitrogens with one attached hydrogen (secondary N) is 2. The van der Waals surface area contributed by atoms with Crippen LogP contribution in [0.3, 0.4) is 0 Å². The van der Waals surface area contributed by atoms with Crippen molar-refractivity contribution in [2.24, 2.45) is 0 Å². The molecule has 2 heterocycles. The third-order valence-corrected chi connectivity index (χ3v) is 4.59. The first kappa shape index (κ1) is 18.4. The Morgan fingerprint density at radius 1 is 1.10 bits per heavy atom. The highest BCUT2D eigenvalue weighted by atomic mass is 16.5. The minimum atomic E-state index is -1.08. The smallest absolute Gasteiger partial charge is 0.342 e. The normalized spacial score (nSPS) is 14.0. The molecule has 0 unspecified atom stereocenters. The molecular formula is C21H18N4O4. The molecule has 29 heavy (non-hydrogen) atoms. The standard InChI is InChI=1S/C21H18N4O4/c1-13(20(27)25-12-18(26)23-16-9-5-6-10-17(16)25)29-21(28)15-11-22-24-19(15)14-7-3-2-4-8-14/h2-11,13H,12H2,1H3,(H,22,24)(H,23,26)/t13-/m1/s1. The molecule has 3 aromatic rings. The fourth-order valence-corrected chi connectivity index (χ4v) is 3.19. The first-order valence-corrected chi connectivity index (χ1v) is 9.04. The number of nitrogens with zero attached hydrogens (tertiary/aromatic N) is 2. The molecule has 8 heteroatoms. The van der Waals surface area contributed by atoms with Crippen LogP contribution in [-0.2, 0) is 14.3 Å². The second-order valence-corrected chi connectivity index (χ2v) is 6.56. The van der Waals surface area contributed by atoms with E-state index in [0.29, 0.717) is 17.1 Å². The quantitative estimate of drug-likeness (QED) is 0.667. The molecule has 146 valence electrons. The molecule has 2 amide bonds. The van der Waals surface area contributed by atoms with Crippen molar-refractivity contribution in [3.8, 4) is 11.3 Å². The average Bonchev–Trinajstić information content (AvgIpc) is 3.23. The summed E-state index contributed by atoms with van der Waals surface area (Å²) in [5.74, 6) is -1.46. The number of hydrogen-bond acceptors (Lipinski definition) is 5. The van der Waals surface area contributed by atoms with Crippen molar-refractivity contribution in [1.82, 2.24) is 10.2 Å². The van der Waals surface area contributed by atoms with Crippen LogP contribution < -0.4 is 10.2 Å². The highest BCUT2D eigenvalue weighted by molar-refractivity contribution is 6.11. The number of benzene rings is 2. The van der Waals surface area contributed by atoms with Gasteiger partial charge in [-0.3, -0.25) is 19.6 Å². The van der Waals surface area contributed by atoms with Crippen molar-refractivity contribution in [3.05, 3.63) is 66.4 Å². The maximum atomic E-state index is 12.9. The number of rotatable bonds is 4. The molecule has 1 atom stereocenters. The molecule has 2 aromatic carbocycles. The van der Waals surface area contributed by atoms with E-state index in [1.807, 2.05) is 30.3 Å². The average molecular weight is 390 g/mol. The summed E-state index contributed by atoms with van der Waals surface area (Å²) in [5.41, 5.74) is 2.62. The van der Waals surface area contributed by atoms with Gasteiger partial charge in [0.15, 0.2) is 6.10 Å². The van der Waals surface area contributed by atoms with E-state index >= 15 is 0 Å². The van der Waals surface area contributed by atoms with Crippen LogP contribution in [0, 0.1) is 0 Å². The Morgan fingerprint density at radius 3 is 2.62 bits per heavy atom. The van der Waals surface area contributed by atoms with E-state index in [4.69, 9.17) is 4.74 Å². The summed E-state index contributed by atoms with van der Waals surface area (Å²) in [6.45, 7) is 1.34. The minimum Gasteiger partial charge on any atom is -0.449 e. The lowest BCUT2D eigenvalue weighted by atomic mass is 10.1. The van der Waals surface area contributed by atoms with E-state index in [2.05, 4.69) is 15.5 Å². The number of carbonyl (C=O) groups is 3. The van der Waals surface area contributed by atoms with E-state index in [-0.39, 0.29) is 18.0 Å². The number of anilines is 2. The lowest BCUT2D eigenvalue weighted by Crippen LogP contribution is -2.47. The molecule has 1 aliphatic rings. The fraction of sp³-hybridized carbons (Fsp3) is 0.143. The molecule has 0 aliphatic carbocycles. The predicted octanol–water partition coefficient (Wildman–Crippen LogP) is 2.61. The van der Waals surface area contributed by atoms with Gasteiger partial charge in [0.2, 0.25) is 5.91 Å². The van der Waals surface area contributed by atoms with Gasteiger partial charge in [-0.15, -0.1) is 0 Å². The number of H-pyrrole nitrogens is 1. The summed E-state index contributed by atoms with van der Waals surface area (Å²) in [6.07, 6.45) is 0.283. The Labute approximate surface area is 166 Å². The summed E-state index contributed by atoms with van der Waals surface area (Å²) < 4.78 is 5.40. The summed E-state index contributed by atoms with van der Waals surface area (Å²) in [5, 5.41) is 9.44. The van der Waals surface area contributed by atoms with Gasteiger partial charge < -0.3 is 10.1 Å². The van der Waals surface area contributed by atoms with Crippen molar-refractivity contribution >= 4 is 29.2 Å². The van der Waals surface area contributed by atoms with Crippen LogP contribution in [0.1, 0.15) is 17.3 Å². The van der Waals surface area contributed by atoms with Crippen LogP contribution in [0.25, 0.3) is 11.3 Å². The van der Waals surface area contributed by atoms with Crippen molar-refractivity contribution < 1.29 is 19.1 Å². The number of carbonyl (C=O) groups excluding carboxylic acids is 3.